The van der Waals surface area contributed by atoms with Crippen molar-refractivity contribution < 1.29 is 24.1 Å². The molecule has 0 bridgehead atoms. The van der Waals surface area contributed by atoms with Gasteiger partial charge >= 0.3 is 0 Å². The summed E-state index contributed by atoms with van der Waals surface area (Å²) in [5.41, 5.74) is 4.21. The number of rotatable bonds is 19. The molecule has 0 aliphatic carbocycles. The number of amides is 1. The van der Waals surface area contributed by atoms with Crippen LogP contribution >= 0.6 is 11.3 Å². The maximum Gasteiger partial charge on any atom is 0.216 e. The Kier molecular flexibility index (Phi) is 11.9. The molecule has 1 amide bonds. The number of nitrogens with one attached hydrogen (secondary N) is 2. The highest BCUT2D eigenvalue weighted by Crippen LogP contribution is 2.34. The minimum absolute atomic E-state index is 0.0694. The normalized spacial score (nSPS) is 12.1. The van der Waals surface area contributed by atoms with E-state index in [9.17, 15) is 9.90 Å². The predicted octanol–water partition coefficient (Wildman–Crippen LogP) is 4.45. The number of nitrogens with zero attached hydrogens (tertiary/aromatic N) is 7. The van der Waals surface area contributed by atoms with Crippen LogP contribution in [0.2, 0.25) is 0 Å². The van der Waals surface area contributed by atoms with E-state index in [-0.39, 0.29) is 17.7 Å². The number of carbonyl (C=O) groups is 1. The Morgan fingerprint density at radius 3 is 2.52 bits per heavy atom. The lowest BCUT2D eigenvalue weighted by Gasteiger charge is -2.13. The summed E-state index contributed by atoms with van der Waals surface area (Å²) >= 11 is 1.67. The van der Waals surface area contributed by atoms with Gasteiger partial charge in [-0.05, 0) is 37.1 Å². The van der Waals surface area contributed by atoms with Crippen LogP contribution in [0.25, 0.3) is 32.6 Å². The third-order valence-electron chi connectivity index (χ3n) is 8.02. The summed E-state index contributed by atoms with van der Waals surface area (Å²) < 4.78 is 21.6. The van der Waals surface area contributed by atoms with Crippen LogP contribution in [0.5, 0.6) is 5.75 Å². The van der Waals surface area contributed by atoms with Crippen molar-refractivity contribution in [1.82, 2.24) is 39.8 Å². The molecular weight excluding hydrogens is 659 g/mol. The van der Waals surface area contributed by atoms with Crippen molar-refractivity contribution in [1.29, 1.82) is 0 Å². The molecule has 2 aromatic carbocycles. The topological polar surface area (TPSA) is 163 Å². The lowest BCUT2D eigenvalue weighted by atomic mass is 10.1. The zero-order valence-corrected chi connectivity index (χ0v) is 28.9. The van der Waals surface area contributed by atoms with Gasteiger partial charge in [-0.15, -0.1) is 16.4 Å². The maximum absolute atomic E-state index is 10.8. The number of imidazole rings is 1. The van der Waals surface area contributed by atoms with Gasteiger partial charge in [0.15, 0.2) is 17.3 Å². The van der Waals surface area contributed by atoms with Gasteiger partial charge in [0, 0.05) is 41.0 Å². The molecule has 3 N–H and O–H groups in total. The minimum atomic E-state index is -0.199. The molecule has 0 aliphatic heterocycles. The number of hydrogen-bond acceptors (Lipinski definition) is 12. The summed E-state index contributed by atoms with van der Waals surface area (Å²) in [7, 11) is 0. The number of ether oxygens (including phenoxy) is 3. The Hall–Kier alpha value is -4.96. The van der Waals surface area contributed by atoms with Crippen LogP contribution in [0.15, 0.2) is 66.4 Å². The number of hydrogen-bond donors (Lipinski definition) is 3. The molecule has 1 unspecified atom stereocenters. The predicted molar refractivity (Wildman–Crippen MR) is 191 cm³/mol. The number of phenols is 1. The molecule has 0 saturated carbocycles. The molecular formula is C35H41N9O5S. The first-order valence-corrected chi connectivity index (χ1v) is 17.4. The molecule has 6 aromatic rings. The smallest absolute Gasteiger partial charge is 0.216 e. The monoisotopic (exact) mass is 699 g/mol. The standard InChI is InChI=1S/C35H41N9O5S/c1-24(30-21-43(42-41-30)14-16-48-18-20-49-19-17-47-15-13-36-25(2)45)44-23-38-32-34(37-12-11-26-7-9-27(46)10-8-26)39-33(40-35(32)44)29-22-50-31-6-4-3-5-28(29)31/h3-10,21-24,46H,11-20H2,1-2H3,(H,36,45)(H,37,39,40). The van der Waals surface area contributed by atoms with E-state index in [2.05, 4.69) is 38.5 Å². The number of phenolic OH excluding ortho intramolecular Hbond substituents is 1. The van der Waals surface area contributed by atoms with Gasteiger partial charge in [0.1, 0.15) is 17.0 Å². The quantitative estimate of drug-likeness (QED) is 0.102. The molecule has 6 rings (SSSR count). The van der Waals surface area contributed by atoms with E-state index in [0.717, 1.165) is 28.6 Å². The van der Waals surface area contributed by atoms with Crippen LogP contribution in [0.4, 0.5) is 5.82 Å². The van der Waals surface area contributed by atoms with E-state index in [4.69, 9.17) is 29.2 Å². The summed E-state index contributed by atoms with van der Waals surface area (Å²) in [6.07, 6.45) is 4.44. The summed E-state index contributed by atoms with van der Waals surface area (Å²) in [5, 5.41) is 27.8. The number of thiophene rings is 1. The van der Waals surface area contributed by atoms with Gasteiger partial charge in [-0.25, -0.2) is 19.6 Å². The Morgan fingerprint density at radius 1 is 0.960 bits per heavy atom. The molecule has 15 heteroatoms. The molecule has 1 atom stereocenters. The molecule has 0 fully saturated rings. The van der Waals surface area contributed by atoms with E-state index < -0.39 is 0 Å². The molecule has 14 nitrogen and oxygen atoms in total. The first-order chi connectivity index (χ1) is 24.5. The summed E-state index contributed by atoms with van der Waals surface area (Å²) in [6.45, 7) is 7.95. The lowest BCUT2D eigenvalue weighted by molar-refractivity contribution is -0.119. The Morgan fingerprint density at radius 2 is 1.72 bits per heavy atom. The second kappa shape index (κ2) is 17.1. The van der Waals surface area contributed by atoms with E-state index in [1.807, 2.05) is 42.0 Å². The zero-order chi connectivity index (χ0) is 34.7. The Labute approximate surface area is 293 Å². The lowest BCUT2D eigenvalue weighted by Crippen LogP contribution is -2.25. The fourth-order valence-corrected chi connectivity index (χ4v) is 6.28. The van der Waals surface area contributed by atoms with Crippen LogP contribution in [0.1, 0.15) is 31.1 Å². The second-order valence-electron chi connectivity index (χ2n) is 11.6. The number of aromatic hydroxyl groups is 1. The van der Waals surface area contributed by atoms with E-state index >= 15 is 0 Å². The minimum Gasteiger partial charge on any atom is -0.508 e. The third kappa shape index (κ3) is 8.98. The first-order valence-electron chi connectivity index (χ1n) is 16.6. The Balaban J connectivity index is 1.09. The highest BCUT2D eigenvalue weighted by Gasteiger charge is 2.21. The van der Waals surface area contributed by atoms with Gasteiger partial charge < -0.3 is 34.5 Å². The highest BCUT2D eigenvalue weighted by molar-refractivity contribution is 7.17. The maximum atomic E-state index is 10.8. The van der Waals surface area contributed by atoms with Crippen LogP contribution < -0.4 is 10.6 Å². The number of carbonyl (C=O) groups excluding carboxylic acids is 1. The summed E-state index contributed by atoms with van der Waals surface area (Å²) in [5.74, 6) is 1.46. The third-order valence-corrected chi connectivity index (χ3v) is 8.98. The van der Waals surface area contributed by atoms with E-state index in [1.165, 1.54) is 11.6 Å². The number of benzene rings is 2. The average molecular weight is 700 g/mol. The molecule has 0 radical (unpaired) electrons. The molecule has 50 heavy (non-hydrogen) atoms. The van der Waals surface area contributed by atoms with Crippen molar-refractivity contribution in [2.45, 2.75) is 32.9 Å². The van der Waals surface area contributed by atoms with Crippen molar-refractivity contribution in [2.24, 2.45) is 0 Å². The van der Waals surface area contributed by atoms with Crippen LogP contribution in [0, 0.1) is 0 Å². The van der Waals surface area contributed by atoms with Crippen molar-refractivity contribution in [3.8, 4) is 17.1 Å². The van der Waals surface area contributed by atoms with Gasteiger partial charge in [-0.2, -0.15) is 0 Å². The average Bonchev–Trinajstić information content (AvgIpc) is 3.88. The largest absolute Gasteiger partial charge is 0.508 e. The highest BCUT2D eigenvalue weighted by atomic mass is 32.1. The van der Waals surface area contributed by atoms with Gasteiger partial charge in [0.25, 0.3) is 0 Å². The Bertz CT molecular complexity index is 1990. The SMILES string of the molecule is CC(=O)NCCOCCOCCOCCn1cc(C(C)n2cnc3c(NCCc4ccc(O)cc4)nc(-c4csc5ccccc45)nc32)nn1. The van der Waals surface area contributed by atoms with Gasteiger partial charge in [0.05, 0.1) is 64.8 Å². The fourth-order valence-electron chi connectivity index (χ4n) is 5.34. The van der Waals surface area contributed by atoms with Gasteiger partial charge in [-0.3, -0.25) is 4.79 Å². The molecule has 0 spiro atoms. The number of anilines is 1. The molecule has 4 heterocycles. The molecule has 262 valence electrons. The zero-order valence-electron chi connectivity index (χ0n) is 28.1. The van der Waals surface area contributed by atoms with Crippen molar-refractivity contribution >= 4 is 44.3 Å². The van der Waals surface area contributed by atoms with Gasteiger partial charge in [-0.1, -0.05) is 35.5 Å². The van der Waals surface area contributed by atoms with Crippen molar-refractivity contribution in [2.75, 3.05) is 58.0 Å². The van der Waals surface area contributed by atoms with E-state index in [1.54, 1.807) is 34.5 Å². The molecule has 0 aliphatic rings. The number of fused-ring (bicyclic) bond motifs is 2. The first kappa shape index (κ1) is 34.9. The van der Waals surface area contributed by atoms with Crippen molar-refractivity contribution in [3.63, 3.8) is 0 Å². The van der Waals surface area contributed by atoms with Crippen LogP contribution in [-0.2, 0) is 32.0 Å². The molecule has 0 saturated heterocycles. The molecule has 4 aromatic heterocycles. The van der Waals surface area contributed by atoms with Crippen LogP contribution in [0.3, 0.4) is 0 Å². The number of aromatic nitrogens is 7. The second-order valence-corrected chi connectivity index (χ2v) is 12.5. The van der Waals surface area contributed by atoms with Crippen molar-refractivity contribution in [3.05, 3.63) is 77.7 Å². The van der Waals surface area contributed by atoms with Gasteiger partial charge in [0.2, 0.25) is 5.91 Å². The summed E-state index contributed by atoms with van der Waals surface area (Å²) in [4.78, 5) is 25.6. The van der Waals surface area contributed by atoms with E-state index in [0.29, 0.717) is 82.1 Å². The van der Waals surface area contributed by atoms with Crippen LogP contribution in [-0.4, -0.2) is 98.3 Å². The fraction of sp³-hybridized carbons (Fsp3) is 0.371. The summed E-state index contributed by atoms with van der Waals surface area (Å²) in [6, 6.07) is 15.3.